The Morgan fingerprint density at radius 2 is 1.75 bits per heavy atom. The number of fused-ring (bicyclic) bond motifs is 1. The molecule has 7 nitrogen and oxygen atoms in total. The minimum atomic E-state index is -0.666. The number of anilines is 1. The number of rotatable bonds is 5. The molecule has 0 bridgehead atoms. The number of hydrogen-bond acceptors (Lipinski definition) is 4. The zero-order valence-electron chi connectivity index (χ0n) is 15.4. The van der Waals surface area contributed by atoms with Crippen molar-refractivity contribution in [3.05, 3.63) is 83.0 Å². The Kier molecular flexibility index (Phi) is 4.90. The molecule has 1 aliphatic rings. The van der Waals surface area contributed by atoms with Crippen molar-refractivity contribution in [2.75, 3.05) is 12.4 Å². The molecule has 0 aliphatic carbocycles. The van der Waals surface area contributed by atoms with Crippen LogP contribution in [0.3, 0.4) is 0 Å². The summed E-state index contributed by atoms with van der Waals surface area (Å²) in [6, 6.07) is 18.3. The maximum atomic E-state index is 13.0. The van der Waals surface area contributed by atoms with Crippen LogP contribution in [-0.2, 0) is 22.6 Å². The van der Waals surface area contributed by atoms with Crippen molar-refractivity contribution < 1.29 is 14.3 Å². The lowest BCUT2D eigenvalue weighted by Crippen LogP contribution is -2.32. The van der Waals surface area contributed by atoms with Gasteiger partial charge in [-0.1, -0.05) is 48.5 Å². The molecule has 2 aromatic carbocycles. The van der Waals surface area contributed by atoms with E-state index >= 15 is 0 Å². The Morgan fingerprint density at radius 3 is 2.43 bits per heavy atom. The lowest BCUT2D eigenvalue weighted by Gasteiger charge is -2.22. The van der Waals surface area contributed by atoms with Gasteiger partial charge in [-0.05, 0) is 17.7 Å². The van der Waals surface area contributed by atoms with Crippen LogP contribution in [0.2, 0.25) is 0 Å². The van der Waals surface area contributed by atoms with Crippen LogP contribution in [0.4, 0.5) is 5.82 Å². The van der Waals surface area contributed by atoms with Crippen LogP contribution in [0, 0.1) is 0 Å². The number of carbonyl (C=O) groups excluding carboxylic acids is 2. The van der Waals surface area contributed by atoms with E-state index in [4.69, 9.17) is 4.74 Å². The molecule has 28 heavy (non-hydrogen) atoms. The summed E-state index contributed by atoms with van der Waals surface area (Å²) in [6.45, 7) is 0.761. The highest BCUT2D eigenvalue weighted by molar-refractivity contribution is 6.04. The number of ether oxygens (including phenoxy) is 1. The van der Waals surface area contributed by atoms with Crippen molar-refractivity contribution in [3.63, 3.8) is 0 Å². The first-order valence-electron chi connectivity index (χ1n) is 8.96. The van der Waals surface area contributed by atoms with E-state index in [1.807, 2.05) is 36.4 Å². The van der Waals surface area contributed by atoms with Crippen LogP contribution in [0.1, 0.15) is 33.3 Å². The van der Waals surface area contributed by atoms with Gasteiger partial charge >= 0.3 is 0 Å². The fourth-order valence-electron chi connectivity index (χ4n) is 3.34. The minimum Gasteiger partial charge on any atom is -0.367 e. The summed E-state index contributed by atoms with van der Waals surface area (Å²) in [5.41, 5.74) is 3.00. The molecule has 2 amide bonds. The van der Waals surface area contributed by atoms with E-state index in [1.165, 1.54) is 7.11 Å². The lowest BCUT2D eigenvalue weighted by molar-refractivity contribution is -0.143. The van der Waals surface area contributed by atoms with Gasteiger partial charge < -0.3 is 15.0 Å². The highest BCUT2D eigenvalue weighted by Gasteiger charge is 2.33. The van der Waals surface area contributed by atoms with Gasteiger partial charge in [-0.15, -0.1) is 0 Å². The average molecular weight is 376 g/mol. The van der Waals surface area contributed by atoms with E-state index in [0.29, 0.717) is 24.5 Å². The topological polar surface area (TPSA) is 87.3 Å². The van der Waals surface area contributed by atoms with Gasteiger partial charge in [0.15, 0.2) is 11.9 Å². The minimum absolute atomic E-state index is 0.126. The third-order valence-electron chi connectivity index (χ3n) is 4.79. The van der Waals surface area contributed by atoms with Crippen LogP contribution >= 0.6 is 0 Å². The van der Waals surface area contributed by atoms with Crippen molar-refractivity contribution >= 4 is 17.6 Å². The number of aromatic nitrogens is 2. The van der Waals surface area contributed by atoms with Gasteiger partial charge in [0.25, 0.3) is 11.8 Å². The van der Waals surface area contributed by atoms with Crippen molar-refractivity contribution in [2.45, 2.75) is 19.2 Å². The lowest BCUT2D eigenvalue weighted by atomic mass is 10.1. The smallest absolute Gasteiger partial charge is 0.256 e. The first-order chi connectivity index (χ1) is 13.7. The molecule has 0 fully saturated rings. The number of aromatic amines is 1. The maximum Gasteiger partial charge on any atom is 0.256 e. The second kappa shape index (κ2) is 7.66. The summed E-state index contributed by atoms with van der Waals surface area (Å²) >= 11 is 0. The molecule has 1 aliphatic heterocycles. The third-order valence-corrected chi connectivity index (χ3v) is 4.79. The molecule has 7 heteroatoms. The molecule has 4 rings (SSSR count). The van der Waals surface area contributed by atoms with Crippen molar-refractivity contribution in [1.29, 1.82) is 0 Å². The molecule has 142 valence electrons. The summed E-state index contributed by atoms with van der Waals surface area (Å²) in [5, 5.41) is 9.94. The molecule has 0 unspecified atom stereocenters. The van der Waals surface area contributed by atoms with E-state index in [0.717, 1.165) is 16.8 Å². The molecule has 2 heterocycles. The largest absolute Gasteiger partial charge is 0.367 e. The van der Waals surface area contributed by atoms with E-state index in [1.54, 1.807) is 29.2 Å². The predicted octanol–water partition coefficient (Wildman–Crippen LogP) is 2.89. The SMILES string of the molecule is CO[C@H](C(=O)N1Cc2[nH]nc(NC(=O)c3ccccc3)c2C1)c1ccccc1. The number of benzene rings is 2. The van der Waals surface area contributed by atoms with Crippen molar-refractivity contribution in [3.8, 4) is 0 Å². The number of nitrogens with one attached hydrogen (secondary N) is 2. The summed E-state index contributed by atoms with van der Waals surface area (Å²) in [6.07, 6.45) is -0.666. The summed E-state index contributed by atoms with van der Waals surface area (Å²) < 4.78 is 5.45. The molecule has 0 saturated heterocycles. The van der Waals surface area contributed by atoms with Gasteiger partial charge in [0.2, 0.25) is 0 Å². The first kappa shape index (κ1) is 17.9. The summed E-state index contributed by atoms with van der Waals surface area (Å²) in [4.78, 5) is 27.1. The summed E-state index contributed by atoms with van der Waals surface area (Å²) in [5.74, 6) is 0.0881. The molecular weight excluding hydrogens is 356 g/mol. The Hall–Kier alpha value is -3.45. The molecule has 3 aromatic rings. The van der Waals surface area contributed by atoms with Crippen LogP contribution < -0.4 is 5.32 Å². The fourth-order valence-corrected chi connectivity index (χ4v) is 3.34. The number of nitrogens with zero attached hydrogens (tertiary/aromatic N) is 2. The van der Waals surface area contributed by atoms with Gasteiger partial charge in [-0.3, -0.25) is 14.7 Å². The van der Waals surface area contributed by atoms with Crippen LogP contribution in [0.25, 0.3) is 0 Å². The van der Waals surface area contributed by atoms with E-state index in [9.17, 15) is 9.59 Å². The number of carbonyl (C=O) groups is 2. The first-order valence-corrected chi connectivity index (χ1v) is 8.96. The van der Waals surface area contributed by atoms with Crippen LogP contribution in [-0.4, -0.2) is 34.0 Å². The fraction of sp³-hybridized carbons (Fsp3) is 0.190. The van der Waals surface area contributed by atoms with Gasteiger partial charge in [-0.2, -0.15) is 5.10 Å². The van der Waals surface area contributed by atoms with Crippen LogP contribution in [0.15, 0.2) is 60.7 Å². The second-order valence-electron chi connectivity index (χ2n) is 6.57. The Labute approximate surface area is 162 Å². The molecule has 0 radical (unpaired) electrons. The van der Waals surface area contributed by atoms with Crippen molar-refractivity contribution in [1.82, 2.24) is 15.1 Å². The highest BCUT2D eigenvalue weighted by Crippen LogP contribution is 2.30. The molecule has 0 spiro atoms. The Morgan fingerprint density at radius 1 is 1.07 bits per heavy atom. The number of methoxy groups -OCH3 is 1. The van der Waals surface area contributed by atoms with Gasteiger partial charge in [0, 0.05) is 18.2 Å². The van der Waals surface area contributed by atoms with Crippen molar-refractivity contribution in [2.24, 2.45) is 0 Å². The van der Waals surface area contributed by atoms with Gasteiger partial charge in [-0.25, -0.2) is 0 Å². The Bertz CT molecular complexity index is 985. The van der Waals surface area contributed by atoms with E-state index in [2.05, 4.69) is 15.5 Å². The van der Waals surface area contributed by atoms with E-state index < -0.39 is 6.10 Å². The number of amides is 2. The molecule has 2 N–H and O–H groups in total. The van der Waals surface area contributed by atoms with E-state index in [-0.39, 0.29) is 11.8 Å². The average Bonchev–Trinajstić information content (AvgIpc) is 3.32. The standard InChI is InChI=1S/C21H20N4O3/c1-28-18(14-8-4-2-5-9-14)21(27)25-12-16-17(13-25)23-24-19(16)22-20(26)15-10-6-3-7-11-15/h2-11,18H,12-13H2,1H3,(H2,22,23,24,26)/t18-/m0/s1. The zero-order chi connectivity index (χ0) is 19.5. The van der Waals surface area contributed by atoms with Gasteiger partial charge in [0.1, 0.15) is 0 Å². The highest BCUT2D eigenvalue weighted by atomic mass is 16.5. The maximum absolute atomic E-state index is 13.0. The number of hydrogen-bond donors (Lipinski definition) is 2. The molecule has 1 atom stereocenters. The monoisotopic (exact) mass is 376 g/mol. The third kappa shape index (κ3) is 3.39. The molecular formula is C21H20N4O3. The predicted molar refractivity (Wildman–Crippen MR) is 103 cm³/mol. The van der Waals surface area contributed by atoms with Crippen LogP contribution in [0.5, 0.6) is 0 Å². The Balaban J connectivity index is 1.48. The quantitative estimate of drug-likeness (QED) is 0.717. The number of H-pyrrole nitrogens is 1. The second-order valence-corrected chi connectivity index (χ2v) is 6.57. The normalized spacial score (nSPS) is 13.8. The summed E-state index contributed by atoms with van der Waals surface area (Å²) in [7, 11) is 1.53. The molecule has 1 aromatic heterocycles. The zero-order valence-corrected chi connectivity index (χ0v) is 15.4. The van der Waals surface area contributed by atoms with Gasteiger partial charge in [0.05, 0.1) is 18.8 Å². The molecule has 0 saturated carbocycles.